The molecule has 1 nitrogen and oxygen atoms in total. The molecule has 39 heavy (non-hydrogen) atoms. The summed E-state index contributed by atoms with van der Waals surface area (Å²) in [6.45, 7) is 16.2. The molecule has 232 valence electrons. The molecule has 0 aromatic heterocycles. The fourth-order valence-corrected chi connectivity index (χ4v) is 5.72. The van der Waals surface area contributed by atoms with Crippen LogP contribution in [0.4, 0.5) is 0 Å². The average Bonchev–Trinajstić information content (AvgIpc) is 2.92. The van der Waals surface area contributed by atoms with Gasteiger partial charge >= 0.3 is 0 Å². The molecule has 0 N–H and O–H groups in total. The summed E-state index contributed by atoms with van der Waals surface area (Å²) >= 11 is 0. The van der Waals surface area contributed by atoms with Gasteiger partial charge in [-0.3, -0.25) is 0 Å². The Morgan fingerprint density at radius 1 is 0.462 bits per heavy atom. The standard InChI is InChI=1S/C38H74O/c1-6-8-10-12-14-16-18-20-22-24-26-28-30-32-36(3)34-37(4)35-39-38(5)33-31-29-27-25-23-21-19-17-15-13-11-9-7-2/h37H,3,5-35H2,1-2,4H3/t37-/m0/s1. The highest BCUT2D eigenvalue weighted by molar-refractivity contribution is 4.95. The van der Waals surface area contributed by atoms with Gasteiger partial charge in [0.1, 0.15) is 0 Å². The predicted molar refractivity (Wildman–Crippen MR) is 179 cm³/mol. The number of rotatable bonds is 33. The van der Waals surface area contributed by atoms with Crippen molar-refractivity contribution in [3.63, 3.8) is 0 Å². The Morgan fingerprint density at radius 3 is 1.13 bits per heavy atom. The lowest BCUT2D eigenvalue weighted by Crippen LogP contribution is -2.06. The van der Waals surface area contributed by atoms with Gasteiger partial charge in [0.2, 0.25) is 0 Å². The number of allylic oxidation sites excluding steroid dienone is 2. The molecular formula is C38H74O. The minimum atomic E-state index is 0.544. The van der Waals surface area contributed by atoms with Crippen LogP contribution in [0.15, 0.2) is 24.5 Å². The van der Waals surface area contributed by atoms with E-state index in [0.717, 1.165) is 25.2 Å². The summed E-state index contributed by atoms with van der Waals surface area (Å²) in [5, 5.41) is 0. The number of unbranched alkanes of at least 4 members (excludes halogenated alkanes) is 24. The van der Waals surface area contributed by atoms with E-state index in [2.05, 4.69) is 33.9 Å². The smallest absolute Gasteiger partial charge is 0.0905 e. The maximum Gasteiger partial charge on any atom is 0.0905 e. The summed E-state index contributed by atoms with van der Waals surface area (Å²) in [5.41, 5.74) is 1.41. The van der Waals surface area contributed by atoms with E-state index in [1.165, 1.54) is 179 Å². The minimum absolute atomic E-state index is 0.544. The molecule has 0 aromatic rings. The first-order chi connectivity index (χ1) is 19.1. The molecule has 0 heterocycles. The van der Waals surface area contributed by atoms with Crippen LogP contribution in [0.3, 0.4) is 0 Å². The molecule has 0 fully saturated rings. The molecule has 0 bridgehead atoms. The summed E-state index contributed by atoms with van der Waals surface area (Å²) in [6, 6.07) is 0. The van der Waals surface area contributed by atoms with Crippen LogP contribution in [0.2, 0.25) is 0 Å². The Kier molecular flexibility index (Phi) is 31.2. The van der Waals surface area contributed by atoms with Crippen LogP contribution in [0.1, 0.15) is 207 Å². The van der Waals surface area contributed by atoms with Gasteiger partial charge in [0.05, 0.1) is 12.4 Å². The fourth-order valence-electron chi connectivity index (χ4n) is 5.72. The molecule has 1 atom stereocenters. The lowest BCUT2D eigenvalue weighted by atomic mass is 9.98. The van der Waals surface area contributed by atoms with Crippen molar-refractivity contribution in [2.24, 2.45) is 5.92 Å². The number of ether oxygens (including phenoxy) is 1. The predicted octanol–water partition coefficient (Wildman–Crippen LogP) is 14.1. The summed E-state index contributed by atoms with van der Waals surface area (Å²) in [7, 11) is 0. The highest BCUT2D eigenvalue weighted by Crippen LogP contribution is 2.20. The molecule has 0 aromatic carbocycles. The van der Waals surface area contributed by atoms with Gasteiger partial charge < -0.3 is 4.74 Å². The Bertz CT molecular complexity index is 507. The van der Waals surface area contributed by atoms with Crippen molar-refractivity contribution in [1.29, 1.82) is 0 Å². The fraction of sp³-hybridized carbons (Fsp3) is 0.895. The van der Waals surface area contributed by atoms with E-state index in [4.69, 9.17) is 4.74 Å². The summed E-state index contributed by atoms with van der Waals surface area (Å²) in [4.78, 5) is 0. The Morgan fingerprint density at radius 2 is 0.769 bits per heavy atom. The summed E-state index contributed by atoms with van der Waals surface area (Å²) in [5.74, 6) is 1.54. The van der Waals surface area contributed by atoms with E-state index >= 15 is 0 Å². The molecule has 0 radical (unpaired) electrons. The third kappa shape index (κ3) is 31.7. The van der Waals surface area contributed by atoms with E-state index in [-0.39, 0.29) is 0 Å². The van der Waals surface area contributed by atoms with Gasteiger partial charge in [-0.2, -0.15) is 0 Å². The van der Waals surface area contributed by atoms with Crippen LogP contribution in [0, 0.1) is 5.92 Å². The molecule has 1 heteroatoms. The van der Waals surface area contributed by atoms with Gasteiger partial charge in [0, 0.05) is 6.42 Å². The van der Waals surface area contributed by atoms with Crippen LogP contribution in [-0.2, 0) is 4.74 Å². The highest BCUT2D eigenvalue weighted by atomic mass is 16.5. The summed E-state index contributed by atoms with van der Waals surface area (Å²) < 4.78 is 6.00. The van der Waals surface area contributed by atoms with Gasteiger partial charge in [-0.25, -0.2) is 0 Å². The zero-order chi connectivity index (χ0) is 28.7. The zero-order valence-electron chi connectivity index (χ0n) is 27.6. The van der Waals surface area contributed by atoms with Crippen molar-refractivity contribution in [2.45, 2.75) is 207 Å². The normalized spacial score (nSPS) is 12.1. The van der Waals surface area contributed by atoms with Crippen LogP contribution in [-0.4, -0.2) is 6.61 Å². The van der Waals surface area contributed by atoms with Crippen molar-refractivity contribution in [1.82, 2.24) is 0 Å². The molecule has 0 aliphatic heterocycles. The van der Waals surface area contributed by atoms with Gasteiger partial charge in [0.25, 0.3) is 0 Å². The van der Waals surface area contributed by atoms with Gasteiger partial charge in [-0.1, -0.05) is 194 Å². The maximum atomic E-state index is 6.00. The molecular weight excluding hydrogens is 472 g/mol. The third-order valence-corrected chi connectivity index (χ3v) is 8.40. The van der Waals surface area contributed by atoms with Crippen LogP contribution < -0.4 is 0 Å². The first-order valence-corrected chi connectivity index (χ1v) is 18.1. The maximum absolute atomic E-state index is 6.00. The second-order valence-corrected chi connectivity index (χ2v) is 12.9. The van der Waals surface area contributed by atoms with Crippen molar-refractivity contribution < 1.29 is 4.74 Å². The van der Waals surface area contributed by atoms with Gasteiger partial charge in [0.15, 0.2) is 0 Å². The van der Waals surface area contributed by atoms with Crippen LogP contribution in [0.25, 0.3) is 0 Å². The molecule has 0 aliphatic carbocycles. The van der Waals surface area contributed by atoms with Gasteiger partial charge in [-0.05, 0) is 31.6 Å². The van der Waals surface area contributed by atoms with Crippen LogP contribution in [0.5, 0.6) is 0 Å². The second-order valence-electron chi connectivity index (χ2n) is 12.9. The monoisotopic (exact) mass is 547 g/mol. The molecule has 0 unspecified atom stereocenters. The lowest BCUT2D eigenvalue weighted by Gasteiger charge is -2.16. The van der Waals surface area contributed by atoms with E-state index in [1.807, 2.05) is 0 Å². The van der Waals surface area contributed by atoms with Crippen LogP contribution >= 0.6 is 0 Å². The van der Waals surface area contributed by atoms with Gasteiger partial charge in [-0.15, -0.1) is 0 Å². The largest absolute Gasteiger partial charge is 0.498 e. The van der Waals surface area contributed by atoms with E-state index < -0.39 is 0 Å². The topological polar surface area (TPSA) is 9.23 Å². The molecule has 0 rings (SSSR count). The molecule has 0 aliphatic rings. The van der Waals surface area contributed by atoms with Crippen molar-refractivity contribution in [3.05, 3.63) is 24.5 Å². The quantitative estimate of drug-likeness (QED) is 0.0452. The first kappa shape index (κ1) is 38.3. The Balaban J connectivity index is 3.40. The Hall–Kier alpha value is -0.720. The number of hydrogen-bond acceptors (Lipinski definition) is 1. The second kappa shape index (κ2) is 31.8. The molecule has 0 spiro atoms. The van der Waals surface area contributed by atoms with E-state index in [0.29, 0.717) is 5.92 Å². The van der Waals surface area contributed by atoms with Crippen molar-refractivity contribution >= 4 is 0 Å². The van der Waals surface area contributed by atoms with Crippen molar-refractivity contribution in [2.75, 3.05) is 6.61 Å². The van der Waals surface area contributed by atoms with E-state index in [9.17, 15) is 0 Å². The summed E-state index contributed by atoms with van der Waals surface area (Å²) in [6.07, 6.45) is 40.0. The minimum Gasteiger partial charge on any atom is -0.498 e. The molecule has 0 amide bonds. The Labute approximate surface area is 248 Å². The first-order valence-electron chi connectivity index (χ1n) is 18.1. The third-order valence-electron chi connectivity index (χ3n) is 8.40. The zero-order valence-corrected chi connectivity index (χ0v) is 27.6. The molecule has 0 saturated heterocycles. The number of hydrogen-bond donors (Lipinski definition) is 0. The van der Waals surface area contributed by atoms with E-state index in [1.54, 1.807) is 0 Å². The highest BCUT2D eigenvalue weighted by Gasteiger charge is 2.07. The molecule has 0 saturated carbocycles. The lowest BCUT2D eigenvalue weighted by molar-refractivity contribution is 0.163. The van der Waals surface area contributed by atoms with Crippen molar-refractivity contribution in [3.8, 4) is 0 Å². The SMILES string of the molecule is C=C(CCCCCCCCCCCCCCC)C[C@H](C)COC(=C)CCCCCCCCCCCCCCC. The average molecular weight is 547 g/mol.